The fourth-order valence-corrected chi connectivity index (χ4v) is 5.21. The van der Waals surface area contributed by atoms with Gasteiger partial charge in [0, 0.05) is 25.3 Å². The number of methoxy groups -OCH3 is 1. The molecule has 1 amide bonds. The van der Waals surface area contributed by atoms with Crippen LogP contribution in [0, 0.1) is 0 Å². The molecule has 1 fully saturated rings. The number of rotatable bonds is 7. The number of carbonyl (C=O) groups excluding carboxylic acids is 1. The van der Waals surface area contributed by atoms with Crippen LogP contribution in [0.15, 0.2) is 52.3 Å². The number of benzene rings is 2. The van der Waals surface area contributed by atoms with Gasteiger partial charge in [-0.1, -0.05) is 12.1 Å². The van der Waals surface area contributed by atoms with Gasteiger partial charge in [-0.2, -0.15) is 0 Å². The highest BCUT2D eigenvalue weighted by Crippen LogP contribution is 2.34. The first-order valence-corrected chi connectivity index (χ1v) is 12.7. The van der Waals surface area contributed by atoms with Crippen LogP contribution in [-0.4, -0.2) is 42.7 Å². The van der Waals surface area contributed by atoms with Gasteiger partial charge in [-0.3, -0.25) is 4.79 Å². The van der Waals surface area contributed by atoms with Crippen LogP contribution in [0.5, 0.6) is 5.75 Å². The van der Waals surface area contributed by atoms with Crippen molar-refractivity contribution in [1.29, 1.82) is 0 Å². The molecule has 30 heavy (non-hydrogen) atoms. The second-order valence-electron chi connectivity index (χ2n) is 7.17. The number of carbonyl (C=O) groups is 1. The molecule has 0 bridgehead atoms. The Bertz CT molecular complexity index is 1160. The van der Waals surface area contributed by atoms with Crippen LogP contribution in [0.1, 0.15) is 31.4 Å². The summed E-state index contributed by atoms with van der Waals surface area (Å²) in [6.45, 7) is 2.18. The number of sulfone groups is 1. The fraction of sp³-hybridized carbons (Fsp3) is 0.350. The highest BCUT2D eigenvalue weighted by Gasteiger charge is 2.27. The Labute approximate surface area is 176 Å². The predicted molar refractivity (Wildman–Crippen MR) is 113 cm³/mol. The zero-order valence-corrected chi connectivity index (χ0v) is 18.6. The van der Waals surface area contributed by atoms with Gasteiger partial charge >= 0.3 is 0 Å². The quantitative estimate of drug-likeness (QED) is 0.690. The maximum atomic E-state index is 12.9. The van der Waals surface area contributed by atoms with Crippen LogP contribution in [0.25, 0.3) is 0 Å². The van der Waals surface area contributed by atoms with E-state index in [4.69, 9.17) is 4.74 Å². The highest BCUT2D eigenvalue weighted by atomic mass is 32.2. The molecule has 162 valence electrons. The molecule has 0 radical (unpaired) electrons. The van der Waals surface area contributed by atoms with Crippen molar-refractivity contribution in [2.24, 2.45) is 0 Å². The van der Waals surface area contributed by atoms with E-state index in [1.807, 2.05) is 0 Å². The Kier molecular flexibility index (Phi) is 6.21. The summed E-state index contributed by atoms with van der Waals surface area (Å²) in [7, 11) is -5.77. The molecule has 10 heteroatoms. The molecule has 1 aliphatic heterocycles. The molecular formula is C20H24N2O6S2. The minimum Gasteiger partial charge on any atom is -0.495 e. The Balaban J connectivity index is 1.87. The molecule has 1 saturated heterocycles. The molecule has 8 nitrogen and oxygen atoms in total. The lowest BCUT2D eigenvalue weighted by molar-refractivity contribution is -0.117. The molecule has 3 rings (SSSR count). The van der Waals surface area contributed by atoms with Crippen molar-refractivity contribution in [2.45, 2.75) is 35.6 Å². The Morgan fingerprint density at radius 3 is 2.20 bits per heavy atom. The number of ether oxygens (including phenoxy) is 1. The number of hydrogen-bond acceptors (Lipinski definition) is 6. The average Bonchev–Trinajstić information content (AvgIpc) is 3.12. The third-order valence-corrected chi connectivity index (χ3v) is 7.63. The van der Waals surface area contributed by atoms with Crippen LogP contribution in [0.2, 0.25) is 0 Å². The summed E-state index contributed by atoms with van der Waals surface area (Å²) in [6, 6.07) is 9.83. The third-order valence-electron chi connectivity index (χ3n) is 4.97. The maximum absolute atomic E-state index is 12.9. The maximum Gasteiger partial charge on any atom is 0.241 e. The minimum absolute atomic E-state index is 0.0117. The van der Waals surface area contributed by atoms with Gasteiger partial charge in [0.05, 0.1) is 22.6 Å². The van der Waals surface area contributed by atoms with Gasteiger partial charge in [-0.05, 0) is 49.2 Å². The van der Waals surface area contributed by atoms with Gasteiger partial charge in [0.1, 0.15) is 5.75 Å². The lowest BCUT2D eigenvalue weighted by Crippen LogP contribution is -2.28. The van der Waals surface area contributed by atoms with Crippen LogP contribution in [0.3, 0.4) is 0 Å². The summed E-state index contributed by atoms with van der Waals surface area (Å²) in [4.78, 5) is 13.8. The van der Waals surface area contributed by atoms with Gasteiger partial charge < -0.3 is 9.64 Å². The number of anilines is 1. The van der Waals surface area contributed by atoms with E-state index in [9.17, 15) is 21.6 Å². The van der Waals surface area contributed by atoms with Gasteiger partial charge in [0.15, 0.2) is 9.84 Å². The monoisotopic (exact) mass is 452 g/mol. The molecule has 1 aliphatic rings. The molecule has 0 unspecified atom stereocenters. The highest BCUT2D eigenvalue weighted by molar-refractivity contribution is 7.90. The second kappa shape index (κ2) is 8.37. The summed E-state index contributed by atoms with van der Waals surface area (Å²) in [6.07, 6.45) is 2.23. The van der Waals surface area contributed by atoms with E-state index in [2.05, 4.69) is 4.72 Å². The molecular weight excluding hydrogens is 428 g/mol. The number of nitrogens with one attached hydrogen (secondary N) is 1. The molecule has 0 spiro atoms. The van der Waals surface area contributed by atoms with E-state index in [1.54, 1.807) is 19.1 Å². The van der Waals surface area contributed by atoms with Gasteiger partial charge in [0.25, 0.3) is 0 Å². The van der Waals surface area contributed by atoms with Crippen molar-refractivity contribution >= 4 is 31.5 Å². The summed E-state index contributed by atoms with van der Waals surface area (Å²) in [5.41, 5.74) is 1.04. The first-order chi connectivity index (χ1) is 14.0. The van der Waals surface area contributed by atoms with Crippen LogP contribution in [-0.2, 0) is 24.7 Å². The first kappa shape index (κ1) is 22.3. The van der Waals surface area contributed by atoms with Gasteiger partial charge in [-0.25, -0.2) is 21.6 Å². The molecule has 0 aromatic heterocycles. The fourth-order valence-electron chi connectivity index (χ4n) is 3.32. The number of hydrogen-bond donors (Lipinski definition) is 1. The zero-order valence-electron chi connectivity index (χ0n) is 17.0. The number of nitrogens with zero attached hydrogens (tertiary/aromatic N) is 1. The van der Waals surface area contributed by atoms with Crippen molar-refractivity contribution < 1.29 is 26.4 Å². The van der Waals surface area contributed by atoms with Crippen LogP contribution < -0.4 is 14.4 Å². The summed E-state index contributed by atoms with van der Waals surface area (Å²) in [5, 5.41) is 0. The van der Waals surface area contributed by atoms with Crippen molar-refractivity contribution in [3.63, 3.8) is 0 Å². The summed E-state index contributed by atoms with van der Waals surface area (Å²) < 4.78 is 57.0. The van der Waals surface area contributed by atoms with E-state index in [0.717, 1.165) is 6.26 Å². The summed E-state index contributed by atoms with van der Waals surface area (Å²) in [5.74, 6) is 0.351. The topological polar surface area (TPSA) is 110 Å². The van der Waals surface area contributed by atoms with E-state index >= 15 is 0 Å². The molecule has 1 heterocycles. The van der Waals surface area contributed by atoms with Gasteiger partial charge in [-0.15, -0.1) is 0 Å². The molecule has 2 aromatic carbocycles. The normalized spacial score (nSPS) is 16.0. The first-order valence-electron chi connectivity index (χ1n) is 9.33. The Hall–Kier alpha value is -2.43. The molecule has 1 atom stereocenters. The van der Waals surface area contributed by atoms with Crippen LogP contribution >= 0.6 is 0 Å². The SMILES string of the molecule is COc1ccc(S(=O)(=O)N[C@@H](C)c2ccc(S(C)(=O)=O)cc2)cc1N1CCCC1=O. The average molecular weight is 453 g/mol. The van der Waals surface area contributed by atoms with Crippen molar-refractivity contribution in [1.82, 2.24) is 4.72 Å². The standard InChI is InChI=1S/C20H24N2O6S2/c1-14(15-6-8-16(9-7-15)29(3,24)25)21-30(26,27)17-10-11-19(28-2)18(13-17)22-12-4-5-20(22)23/h6-11,13-14,21H,4-5,12H2,1-3H3/t14-/m0/s1. The number of amides is 1. The van der Waals surface area contributed by atoms with E-state index < -0.39 is 25.9 Å². The molecule has 0 saturated carbocycles. The second-order valence-corrected chi connectivity index (χ2v) is 10.9. The predicted octanol–water partition coefficient (Wildman–Crippen LogP) is 2.27. The van der Waals surface area contributed by atoms with Crippen LogP contribution in [0.4, 0.5) is 5.69 Å². The Morgan fingerprint density at radius 2 is 1.67 bits per heavy atom. The van der Waals surface area contributed by atoms with Crippen molar-refractivity contribution in [3.05, 3.63) is 48.0 Å². The lowest BCUT2D eigenvalue weighted by atomic mass is 10.1. The largest absolute Gasteiger partial charge is 0.495 e. The van der Waals surface area contributed by atoms with Crippen molar-refractivity contribution in [2.75, 3.05) is 24.8 Å². The molecule has 2 aromatic rings. The smallest absolute Gasteiger partial charge is 0.241 e. The zero-order chi connectivity index (χ0) is 22.1. The number of sulfonamides is 1. The van der Waals surface area contributed by atoms with E-state index in [0.29, 0.717) is 36.4 Å². The summed E-state index contributed by atoms with van der Waals surface area (Å²) >= 11 is 0. The molecule has 1 N–H and O–H groups in total. The lowest BCUT2D eigenvalue weighted by Gasteiger charge is -2.21. The Morgan fingerprint density at radius 1 is 1.03 bits per heavy atom. The van der Waals surface area contributed by atoms with Gasteiger partial charge in [0.2, 0.25) is 15.9 Å². The van der Waals surface area contributed by atoms with E-state index in [1.165, 1.54) is 42.3 Å². The minimum atomic E-state index is -3.90. The van der Waals surface area contributed by atoms with E-state index in [-0.39, 0.29) is 15.7 Å². The van der Waals surface area contributed by atoms with Crippen molar-refractivity contribution in [3.8, 4) is 5.75 Å². The molecule has 0 aliphatic carbocycles. The third kappa shape index (κ3) is 4.66.